The van der Waals surface area contributed by atoms with Crippen molar-refractivity contribution in [2.24, 2.45) is 0 Å². The van der Waals surface area contributed by atoms with Crippen LogP contribution in [0.25, 0.3) is 5.70 Å². The first-order chi connectivity index (χ1) is 12.5. The van der Waals surface area contributed by atoms with Crippen molar-refractivity contribution < 1.29 is 4.79 Å². The summed E-state index contributed by atoms with van der Waals surface area (Å²) in [7, 11) is 0. The van der Waals surface area contributed by atoms with Gasteiger partial charge >= 0.3 is 0 Å². The first kappa shape index (κ1) is 16.9. The summed E-state index contributed by atoms with van der Waals surface area (Å²) in [5, 5.41) is 15.4. The number of hydrogen-bond donors (Lipinski definition) is 2. The quantitative estimate of drug-likeness (QED) is 0.777. The molecule has 130 valence electrons. The maximum absolute atomic E-state index is 12.6. The molecule has 0 atom stereocenters. The van der Waals surface area contributed by atoms with E-state index in [2.05, 4.69) is 5.32 Å². The van der Waals surface area contributed by atoms with Crippen LogP contribution in [0.4, 0.5) is 5.69 Å². The highest BCUT2D eigenvalue weighted by Crippen LogP contribution is 2.37. The molecule has 0 bridgehead atoms. The summed E-state index contributed by atoms with van der Waals surface area (Å²) < 4.78 is 0. The molecule has 0 saturated carbocycles. The van der Waals surface area contributed by atoms with E-state index in [1.165, 1.54) is 16.7 Å². The van der Waals surface area contributed by atoms with Gasteiger partial charge in [0.1, 0.15) is 5.84 Å². The second-order valence-corrected chi connectivity index (χ2v) is 7.45. The Morgan fingerprint density at radius 3 is 2.62 bits per heavy atom. The van der Waals surface area contributed by atoms with E-state index >= 15 is 0 Å². The van der Waals surface area contributed by atoms with Gasteiger partial charge in [-0.25, -0.2) is 0 Å². The van der Waals surface area contributed by atoms with Gasteiger partial charge in [0.25, 0.3) is 0 Å². The van der Waals surface area contributed by atoms with Crippen molar-refractivity contribution in [2.75, 3.05) is 4.90 Å². The van der Waals surface area contributed by atoms with E-state index in [1.54, 1.807) is 0 Å². The van der Waals surface area contributed by atoms with Gasteiger partial charge in [0, 0.05) is 16.0 Å². The van der Waals surface area contributed by atoms with Crippen molar-refractivity contribution in [3.8, 4) is 0 Å². The molecule has 4 nitrogen and oxygen atoms in total. The number of thioether (sulfide) groups is 1. The zero-order valence-corrected chi connectivity index (χ0v) is 15.6. The number of benzene rings is 2. The molecule has 1 amide bonds. The minimum Gasteiger partial charge on any atom is -0.349 e. The molecule has 0 spiro atoms. The Bertz CT molecular complexity index is 979. The fourth-order valence-electron chi connectivity index (χ4n) is 3.05. The molecule has 0 aliphatic carbocycles. The summed E-state index contributed by atoms with van der Waals surface area (Å²) in [6, 6.07) is 15.2. The molecule has 1 fully saturated rings. The monoisotopic (exact) mass is 381 g/mol. The van der Waals surface area contributed by atoms with E-state index in [0.29, 0.717) is 5.02 Å². The normalized spacial score (nSPS) is 19.8. The Hall–Kier alpha value is -2.50. The number of nitrogens with zero attached hydrogens (tertiary/aromatic N) is 1. The van der Waals surface area contributed by atoms with E-state index in [1.807, 2.05) is 60.9 Å². The number of carbonyl (C=O) groups is 1. The molecule has 2 aromatic carbocycles. The molecule has 2 aromatic rings. The number of amides is 1. The fourth-order valence-corrected chi connectivity index (χ4v) is 4.08. The lowest BCUT2D eigenvalue weighted by molar-refractivity contribution is -0.116. The molecule has 4 rings (SSSR count). The lowest BCUT2D eigenvalue weighted by Gasteiger charge is -2.18. The van der Waals surface area contributed by atoms with E-state index in [9.17, 15) is 4.79 Å². The lowest BCUT2D eigenvalue weighted by Crippen LogP contribution is -2.29. The van der Waals surface area contributed by atoms with Crippen molar-refractivity contribution in [2.45, 2.75) is 13.3 Å². The van der Waals surface area contributed by atoms with Gasteiger partial charge in [0.05, 0.1) is 22.8 Å². The van der Waals surface area contributed by atoms with Crippen molar-refractivity contribution in [1.29, 1.82) is 5.41 Å². The number of aryl methyl sites for hydroxylation is 1. The van der Waals surface area contributed by atoms with Gasteiger partial charge in [0.2, 0.25) is 5.91 Å². The molecule has 1 saturated heterocycles. The zero-order chi connectivity index (χ0) is 18.3. The highest BCUT2D eigenvalue weighted by molar-refractivity contribution is 8.06. The van der Waals surface area contributed by atoms with Gasteiger partial charge in [-0.1, -0.05) is 53.7 Å². The van der Waals surface area contributed by atoms with Gasteiger partial charge in [-0.05, 0) is 36.2 Å². The van der Waals surface area contributed by atoms with E-state index < -0.39 is 0 Å². The largest absolute Gasteiger partial charge is 0.349 e. The molecule has 2 aliphatic rings. The van der Waals surface area contributed by atoms with Gasteiger partial charge < -0.3 is 5.32 Å². The molecule has 26 heavy (non-hydrogen) atoms. The molecular weight excluding hydrogens is 366 g/mol. The number of anilines is 1. The van der Waals surface area contributed by atoms with E-state index in [4.69, 9.17) is 17.0 Å². The molecule has 2 N–H and O–H groups in total. The summed E-state index contributed by atoms with van der Waals surface area (Å²) in [6.45, 7) is 1.95. The van der Waals surface area contributed by atoms with E-state index in [-0.39, 0.29) is 18.2 Å². The maximum atomic E-state index is 12.6. The van der Waals surface area contributed by atoms with Gasteiger partial charge in [-0.3, -0.25) is 15.1 Å². The summed E-state index contributed by atoms with van der Waals surface area (Å²) in [6.07, 6.45) is 0.226. The average Bonchev–Trinajstić information content (AvgIpc) is 3.22. The number of carbonyl (C=O) groups excluding carboxylic acids is 1. The van der Waals surface area contributed by atoms with Crippen LogP contribution >= 0.6 is 23.4 Å². The molecule has 0 unspecified atom stereocenters. The van der Waals surface area contributed by atoms with Crippen molar-refractivity contribution in [3.05, 3.63) is 80.7 Å². The van der Waals surface area contributed by atoms with Crippen LogP contribution in [0.1, 0.15) is 17.5 Å². The minimum absolute atomic E-state index is 0.0749. The topological polar surface area (TPSA) is 56.2 Å². The van der Waals surface area contributed by atoms with Crippen LogP contribution in [0.3, 0.4) is 0 Å². The smallest absolute Gasteiger partial charge is 0.237 e. The Kier molecular flexibility index (Phi) is 4.34. The number of para-hydroxylation sites is 1. The van der Waals surface area contributed by atoms with Crippen LogP contribution < -0.4 is 10.2 Å². The predicted octanol–water partition coefficient (Wildman–Crippen LogP) is 4.91. The van der Waals surface area contributed by atoms with Crippen molar-refractivity contribution in [3.63, 3.8) is 0 Å². The SMILES string of the molecule is Cc1ccccc1N1C(=N)/C(=C2/NC(c3ccc(Cl)cc3)=CS2)CC1=O. The van der Waals surface area contributed by atoms with Crippen LogP contribution in [0.15, 0.2) is 64.5 Å². The molecule has 2 aliphatic heterocycles. The van der Waals surface area contributed by atoms with E-state index in [0.717, 1.165) is 33.1 Å². The fraction of sp³-hybridized carbons (Fsp3) is 0.100. The van der Waals surface area contributed by atoms with Crippen LogP contribution in [-0.4, -0.2) is 11.7 Å². The number of amidine groups is 1. The molecular formula is C20H16ClN3OS. The Morgan fingerprint density at radius 2 is 1.88 bits per heavy atom. The Morgan fingerprint density at radius 1 is 1.15 bits per heavy atom. The summed E-state index contributed by atoms with van der Waals surface area (Å²) in [5.74, 6) is 0.166. The highest BCUT2D eigenvalue weighted by atomic mass is 35.5. The lowest BCUT2D eigenvalue weighted by atomic mass is 10.1. The summed E-state index contributed by atoms with van der Waals surface area (Å²) >= 11 is 7.46. The van der Waals surface area contributed by atoms with Crippen molar-refractivity contribution >= 4 is 46.5 Å². The second-order valence-electron chi connectivity index (χ2n) is 6.13. The van der Waals surface area contributed by atoms with Gasteiger partial charge in [0.15, 0.2) is 0 Å². The summed E-state index contributed by atoms with van der Waals surface area (Å²) in [4.78, 5) is 14.1. The van der Waals surface area contributed by atoms with Crippen LogP contribution in [0.2, 0.25) is 5.02 Å². The number of hydrogen-bond acceptors (Lipinski definition) is 4. The second kappa shape index (κ2) is 6.67. The highest BCUT2D eigenvalue weighted by Gasteiger charge is 2.35. The van der Waals surface area contributed by atoms with Gasteiger partial charge in [-0.15, -0.1) is 0 Å². The zero-order valence-electron chi connectivity index (χ0n) is 14.0. The van der Waals surface area contributed by atoms with Crippen LogP contribution in [0.5, 0.6) is 0 Å². The molecule has 6 heteroatoms. The van der Waals surface area contributed by atoms with Crippen LogP contribution in [-0.2, 0) is 4.79 Å². The standard InChI is InChI=1S/C20H16ClN3OS/c1-12-4-2-3-5-17(12)24-18(25)10-15(19(24)22)20-23-16(11-26-20)13-6-8-14(21)9-7-13/h2-9,11,22-23H,10H2,1H3/b20-15-,22-19?. The third kappa shape index (κ3) is 2.93. The Balaban J connectivity index is 1.61. The Labute approximate surface area is 161 Å². The summed E-state index contributed by atoms with van der Waals surface area (Å²) in [5.41, 5.74) is 4.44. The minimum atomic E-state index is -0.0749. The molecule has 2 heterocycles. The maximum Gasteiger partial charge on any atom is 0.237 e. The first-order valence-corrected chi connectivity index (χ1v) is 9.41. The first-order valence-electron chi connectivity index (χ1n) is 8.15. The average molecular weight is 382 g/mol. The predicted molar refractivity (Wildman–Crippen MR) is 108 cm³/mol. The molecule has 0 radical (unpaired) electrons. The third-order valence-electron chi connectivity index (χ3n) is 4.42. The number of rotatable bonds is 2. The third-order valence-corrected chi connectivity index (χ3v) is 5.61. The number of halogens is 1. The van der Waals surface area contributed by atoms with Crippen molar-refractivity contribution in [1.82, 2.24) is 5.32 Å². The number of nitrogens with one attached hydrogen (secondary N) is 2. The molecule has 0 aromatic heterocycles. The van der Waals surface area contributed by atoms with Crippen LogP contribution in [0, 0.1) is 12.3 Å². The van der Waals surface area contributed by atoms with Gasteiger partial charge in [-0.2, -0.15) is 0 Å².